The number of phenols is 1. The van der Waals surface area contributed by atoms with Gasteiger partial charge in [-0.05, 0) is 42.6 Å². The average molecular weight is 219 g/mol. The summed E-state index contributed by atoms with van der Waals surface area (Å²) >= 11 is 0. The van der Waals surface area contributed by atoms with Crippen molar-refractivity contribution in [2.75, 3.05) is 13.7 Å². The largest absolute Gasteiger partial charge is 0.504 e. The molecule has 16 heavy (non-hydrogen) atoms. The number of hydrogen-bond donors (Lipinski definition) is 2. The summed E-state index contributed by atoms with van der Waals surface area (Å²) in [6.45, 7) is 4.71. The molecule has 86 valence electrons. The van der Waals surface area contributed by atoms with E-state index in [1.54, 1.807) is 13.2 Å². The summed E-state index contributed by atoms with van der Waals surface area (Å²) in [5, 5.41) is 13.2. The van der Waals surface area contributed by atoms with Crippen molar-refractivity contribution in [3.05, 3.63) is 35.9 Å². The molecule has 0 radical (unpaired) electrons. The molecule has 1 aliphatic rings. The smallest absolute Gasteiger partial charge is 0.160 e. The highest BCUT2D eigenvalue weighted by molar-refractivity contribution is 5.48. The number of phenolic OH excluding ortho intramolecular Hbond substituents is 1. The van der Waals surface area contributed by atoms with Gasteiger partial charge in [-0.1, -0.05) is 6.08 Å². The molecule has 3 nitrogen and oxygen atoms in total. The number of rotatable bonds is 3. The highest BCUT2D eigenvalue weighted by Gasteiger charge is 2.20. The second-order valence-corrected chi connectivity index (χ2v) is 4.00. The molecule has 3 heteroatoms. The maximum absolute atomic E-state index is 9.77. The van der Waals surface area contributed by atoms with Crippen molar-refractivity contribution < 1.29 is 9.84 Å². The van der Waals surface area contributed by atoms with Crippen molar-refractivity contribution in [2.24, 2.45) is 0 Å². The number of methoxy groups -OCH3 is 1. The second-order valence-electron chi connectivity index (χ2n) is 4.00. The fourth-order valence-corrected chi connectivity index (χ4v) is 2.20. The van der Waals surface area contributed by atoms with Gasteiger partial charge in [-0.2, -0.15) is 0 Å². The predicted octanol–water partition coefficient (Wildman–Crippen LogP) is 2.16. The molecule has 0 saturated heterocycles. The number of nitrogens with one attached hydrogen (secondary N) is 1. The Hall–Kier alpha value is -1.48. The molecule has 1 unspecified atom stereocenters. The highest BCUT2D eigenvalue weighted by Crippen LogP contribution is 2.35. The van der Waals surface area contributed by atoms with E-state index in [4.69, 9.17) is 4.74 Å². The Morgan fingerprint density at radius 3 is 3.12 bits per heavy atom. The van der Waals surface area contributed by atoms with E-state index in [0.29, 0.717) is 5.75 Å². The van der Waals surface area contributed by atoms with E-state index in [-0.39, 0.29) is 11.8 Å². The van der Waals surface area contributed by atoms with Gasteiger partial charge in [-0.3, -0.25) is 0 Å². The lowest BCUT2D eigenvalue weighted by Gasteiger charge is -2.26. The molecule has 1 aromatic rings. The minimum Gasteiger partial charge on any atom is -0.504 e. The topological polar surface area (TPSA) is 41.5 Å². The van der Waals surface area contributed by atoms with Crippen molar-refractivity contribution in [1.29, 1.82) is 0 Å². The number of aromatic hydroxyl groups is 1. The van der Waals surface area contributed by atoms with Gasteiger partial charge in [0.1, 0.15) is 0 Å². The van der Waals surface area contributed by atoms with Crippen LogP contribution in [-0.4, -0.2) is 18.8 Å². The van der Waals surface area contributed by atoms with Gasteiger partial charge in [0, 0.05) is 6.04 Å². The minimum atomic E-state index is 0.207. The van der Waals surface area contributed by atoms with E-state index in [1.165, 1.54) is 5.56 Å². The van der Waals surface area contributed by atoms with Crippen LogP contribution in [0.2, 0.25) is 0 Å². The summed E-state index contributed by atoms with van der Waals surface area (Å²) < 4.78 is 5.12. The third kappa shape index (κ3) is 1.91. The zero-order valence-corrected chi connectivity index (χ0v) is 9.49. The Morgan fingerprint density at radius 1 is 1.62 bits per heavy atom. The first-order valence-corrected chi connectivity index (χ1v) is 5.50. The van der Waals surface area contributed by atoms with Crippen LogP contribution in [0.3, 0.4) is 0 Å². The minimum absolute atomic E-state index is 0.207. The predicted molar refractivity (Wildman–Crippen MR) is 63.9 cm³/mol. The van der Waals surface area contributed by atoms with E-state index in [1.807, 2.05) is 12.1 Å². The van der Waals surface area contributed by atoms with Gasteiger partial charge in [0.15, 0.2) is 11.5 Å². The molecule has 0 spiro atoms. The molecule has 0 fully saturated rings. The lowest BCUT2D eigenvalue weighted by atomic mass is 9.92. The maximum atomic E-state index is 9.77. The van der Waals surface area contributed by atoms with Crippen LogP contribution in [0.25, 0.3) is 0 Å². The monoisotopic (exact) mass is 219 g/mol. The molecule has 0 aromatic heterocycles. The van der Waals surface area contributed by atoms with Crippen LogP contribution in [0.5, 0.6) is 11.5 Å². The van der Waals surface area contributed by atoms with Crippen molar-refractivity contribution in [1.82, 2.24) is 5.32 Å². The summed E-state index contributed by atoms with van der Waals surface area (Å²) in [5.41, 5.74) is 2.41. The molecule has 1 heterocycles. The number of hydrogen-bond acceptors (Lipinski definition) is 3. The van der Waals surface area contributed by atoms with E-state index < -0.39 is 0 Å². The van der Waals surface area contributed by atoms with Crippen LogP contribution < -0.4 is 10.1 Å². The lowest BCUT2D eigenvalue weighted by molar-refractivity contribution is 0.370. The molecule has 0 aliphatic carbocycles. The molecule has 0 saturated carbocycles. The normalized spacial score (nSPS) is 18.9. The maximum Gasteiger partial charge on any atom is 0.160 e. The van der Waals surface area contributed by atoms with Gasteiger partial charge in [0.05, 0.1) is 7.11 Å². The number of fused-ring (bicyclic) bond motifs is 1. The number of benzene rings is 1. The Morgan fingerprint density at radius 2 is 2.44 bits per heavy atom. The third-order valence-corrected chi connectivity index (χ3v) is 3.00. The van der Waals surface area contributed by atoms with E-state index in [2.05, 4.69) is 11.9 Å². The average Bonchev–Trinajstić information content (AvgIpc) is 2.29. The first kappa shape index (κ1) is 11.0. The summed E-state index contributed by atoms with van der Waals surface area (Å²) in [6, 6.07) is 3.99. The Labute approximate surface area is 95.7 Å². The Kier molecular flexibility index (Phi) is 3.15. The molecule has 1 aromatic carbocycles. The zero-order valence-electron chi connectivity index (χ0n) is 9.49. The molecule has 2 rings (SSSR count). The molecule has 1 atom stereocenters. The SMILES string of the molecule is C=CCC1NCCc2cc(OC)c(O)cc21. The third-order valence-electron chi connectivity index (χ3n) is 3.00. The molecule has 0 bridgehead atoms. The van der Waals surface area contributed by atoms with Crippen molar-refractivity contribution >= 4 is 0 Å². The van der Waals surface area contributed by atoms with Crippen molar-refractivity contribution in [2.45, 2.75) is 18.9 Å². The molecule has 2 N–H and O–H groups in total. The van der Waals surface area contributed by atoms with Crippen LogP contribution in [0.1, 0.15) is 23.6 Å². The molecular formula is C13H17NO2. The summed E-state index contributed by atoms with van der Waals surface area (Å²) in [5.74, 6) is 0.761. The Bertz CT molecular complexity index is 401. The zero-order chi connectivity index (χ0) is 11.5. The fraction of sp³-hybridized carbons (Fsp3) is 0.385. The van der Waals surface area contributed by atoms with Gasteiger partial charge in [0.2, 0.25) is 0 Å². The van der Waals surface area contributed by atoms with Crippen LogP contribution in [0, 0.1) is 0 Å². The van der Waals surface area contributed by atoms with E-state index in [9.17, 15) is 5.11 Å². The standard InChI is InChI=1S/C13H17NO2/c1-3-4-11-10-8-12(15)13(16-2)7-9(10)5-6-14-11/h3,7-8,11,14-15H,1,4-6H2,2H3. The van der Waals surface area contributed by atoms with Crippen molar-refractivity contribution in [3.8, 4) is 11.5 Å². The second kappa shape index (κ2) is 4.58. The van der Waals surface area contributed by atoms with Gasteiger partial charge < -0.3 is 15.2 Å². The first-order chi connectivity index (χ1) is 7.76. The van der Waals surface area contributed by atoms with Crippen LogP contribution >= 0.6 is 0 Å². The van der Waals surface area contributed by atoms with Crippen LogP contribution in [0.15, 0.2) is 24.8 Å². The number of ether oxygens (including phenoxy) is 1. The first-order valence-electron chi connectivity index (χ1n) is 5.50. The fourth-order valence-electron chi connectivity index (χ4n) is 2.20. The van der Waals surface area contributed by atoms with Crippen LogP contribution in [-0.2, 0) is 6.42 Å². The van der Waals surface area contributed by atoms with Gasteiger partial charge >= 0.3 is 0 Å². The Balaban J connectivity index is 2.41. The van der Waals surface area contributed by atoms with E-state index >= 15 is 0 Å². The molecule has 0 amide bonds. The summed E-state index contributed by atoms with van der Waals surface area (Å²) in [4.78, 5) is 0. The van der Waals surface area contributed by atoms with Gasteiger partial charge in [-0.25, -0.2) is 0 Å². The quantitative estimate of drug-likeness (QED) is 0.765. The summed E-state index contributed by atoms with van der Waals surface area (Å²) in [6.07, 6.45) is 3.74. The van der Waals surface area contributed by atoms with Crippen molar-refractivity contribution in [3.63, 3.8) is 0 Å². The van der Waals surface area contributed by atoms with Gasteiger partial charge in [-0.15, -0.1) is 6.58 Å². The summed E-state index contributed by atoms with van der Waals surface area (Å²) in [7, 11) is 1.57. The van der Waals surface area contributed by atoms with E-state index in [0.717, 1.165) is 24.9 Å². The van der Waals surface area contributed by atoms with Gasteiger partial charge in [0.25, 0.3) is 0 Å². The lowest BCUT2D eigenvalue weighted by Crippen LogP contribution is -2.29. The molecule has 1 aliphatic heterocycles. The van der Waals surface area contributed by atoms with Crippen LogP contribution in [0.4, 0.5) is 0 Å². The molecular weight excluding hydrogens is 202 g/mol. The highest BCUT2D eigenvalue weighted by atomic mass is 16.5.